The van der Waals surface area contributed by atoms with Crippen molar-refractivity contribution < 1.29 is 26.7 Å². The Morgan fingerprint density at radius 1 is 1.27 bits per heavy atom. The van der Waals surface area contributed by atoms with Crippen LogP contribution in [0.5, 0.6) is 5.75 Å². The summed E-state index contributed by atoms with van der Waals surface area (Å²) in [7, 11) is -2.54. The third-order valence-electron chi connectivity index (χ3n) is 4.58. The van der Waals surface area contributed by atoms with Gasteiger partial charge in [0.25, 0.3) is 0 Å². The minimum absolute atomic E-state index is 0.0296. The monoisotopic (exact) mass is 437 g/mol. The number of nitrogens with zero attached hydrogens (tertiary/aromatic N) is 2. The molecule has 0 unspecified atom stereocenters. The number of benzene rings is 1. The van der Waals surface area contributed by atoms with Crippen molar-refractivity contribution >= 4 is 27.8 Å². The van der Waals surface area contributed by atoms with E-state index in [-0.39, 0.29) is 23.6 Å². The van der Waals surface area contributed by atoms with E-state index in [0.29, 0.717) is 17.8 Å². The first-order valence-electron chi connectivity index (χ1n) is 9.12. The lowest BCUT2D eigenvalue weighted by Gasteiger charge is -2.22. The zero-order valence-electron chi connectivity index (χ0n) is 16.4. The van der Waals surface area contributed by atoms with Gasteiger partial charge in [-0.25, -0.2) is 13.4 Å². The largest absolute Gasteiger partial charge is 0.435 e. The van der Waals surface area contributed by atoms with Crippen LogP contribution in [0.15, 0.2) is 41.4 Å². The van der Waals surface area contributed by atoms with E-state index in [2.05, 4.69) is 15.0 Å². The fourth-order valence-corrected chi connectivity index (χ4v) is 4.36. The van der Waals surface area contributed by atoms with Gasteiger partial charge in [-0.05, 0) is 60.7 Å². The highest BCUT2D eigenvalue weighted by atomic mass is 32.2. The van der Waals surface area contributed by atoms with Gasteiger partial charge >= 0.3 is 6.61 Å². The number of aryl methyl sites for hydroxylation is 2. The van der Waals surface area contributed by atoms with Crippen molar-refractivity contribution in [2.45, 2.75) is 26.4 Å². The number of nitrogens with one attached hydrogen (secondary N) is 1. The van der Waals surface area contributed by atoms with E-state index < -0.39 is 22.5 Å². The number of alkyl halides is 2. The van der Waals surface area contributed by atoms with E-state index in [9.17, 15) is 22.0 Å². The summed E-state index contributed by atoms with van der Waals surface area (Å²) in [5.74, 6) is -0.144. The Hall–Kier alpha value is -2.85. The van der Waals surface area contributed by atoms with Gasteiger partial charge in [0.1, 0.15) is 11.6 Å². The molecule has 7 nitrogen and oxygen atoms in total. The first-order chi connectivity index (χ1) is 14.1. The number of fused-ring (bicyclic) bond motifs is 1. The van der Waals surface area contributed by atoms with Gasteiger partial charge in [-0.3, -0.25) is 4.79 Å². The van der Waals surface area contributed by atoms with Gasteiger partial charge in [-0.2, -0.15) is 13.1 Å². The fraction of sp³-hybridized carbons (Fsp3) is 0.300. The zero-order valence-corrected chi connectivity index (χ0v) is 17.2. The number of sulfonamides is 1. The SMILES string of the molecule is Cc1ccc(NC(=O)CN(C)S(=O)(=O)C2=Cc3ccc(OC(F)F)cc3CC2)nc1. The molecule has 0 atom stereocenters. The summed E-state index contributed by atoms with van der Waals surface area (Å²) >= 11 is 0. The number of allylic oxidation sites excluding steroid dienone is 1. The number of hydrogen-bond acceptors (Lipinski definition) is 5. The molecule has 0 saturated carbocycles. The Morgan fingerprint density at radius 3 is 2.70 bits per heavy atom. The molecule has 1 aliphatic rings. The van der Waals surface area contributed by atoms with E-state index in [1.165, 1.54) is 31.3 Å². The molecule has 1 aromatic heterocycles. The number of hydrogen-bond donors (Lipinski definition) is 1. The first kappa shape index (κ1) is 21.8. The van der Waals surface area contributed by atoms with Crippen LogP contribution in [-0.2, 0) is 21.2 Å². The molecule has 1 aliphatic carbocycles. The predicted octanol–water partition coefficient (Wildman–Crippen LogP) is 3.18. The number of amides is 1. The number of aromatic nitrogens is 1. The van der Waals surface area contributed by atoms with Crippen molar-refractivity contribution in [1.29, 1.82) is 0 Å². The van der Waals surface area contributed by atoms with Crippen molar-refractivity contribution in [2.75, 3.05) is 18.9 Å². The fourth-order valence-electron chi connectivity index (χ4n) is 3.03. The summed E-state index contributed by atoms with van der Waals surface area (Å²) in [6.07, 6.45) is 3.64. The maximum Gasteiger partial charge on any atom is 0.387 e. The van der Waals surface area contributed by atoms with Crippen molar-refractivity contribution in [3.8, 4) is 5.75 Å². The molecule has 0 bridgehead atoms. The van der Waals surface area contributed by atoms with Crippen LogP contribution in [0.2, 0.25) is 0 Å². The maximum atomic E-state index is 12.9. The predicted molar refractivity (Wildman–Crippen MR) is 109 cm³/mol. The van der Waals surface area contributed by atoms with E-state index in [1.807, 2.05) is 6.92 Å². The quantitative estimate of drug-likeness (QED) is 0.719. The molecular weight excluding hydrogens is 416 g/mol. The van der Waals surface area contributed by atoms with Crippen LogP contribution in [0.1, 0.15) is 23.1 Å². The van der Waals surface area contributed by atoms with Crippen molar-refractivity contribution in [1.82, 2.24) is 9.29 Å². The summed E-state index contributed by atoms with van der Waals surface area (Å²) in [4.78, 5) is 16.4. The molecule has 3 rings (SSSR count). The minimum Gasteiger partial charge on any atom is -0.435 e. The van der Waals surface area contributed by atoms with Gasteiger partial charge in [0.05, 0.1) is 11.4 Å². The summed E-state index contributed by atoms with van der Waals surface area (Å²) in [5, 5.41) is 2.56. The number of carbonyl (C=O) groups is 1. The molecule has 30 heavy (non-hydrogen) atoms. The van der Waals surface area contributed by atoms with E-state index in [0.717, 1.165) is 15.4 Å². The normalized spacial score (nSPS) is 13.7. The van der Waals surface area contributed by atoms with Crippen LogP contribution in [0.25, 0.3) is 6.08 Å². The molecule has 1 amide bonds. The van der Waals surface area contributed by atoms with Crippen LogP contribution < -0.4 is 10.1 Å². The molecule has 1 N–H and O–H groups in total. The Morgan fingerprint density at radius 2 is 2.03 bits per heavy atom. The molecule has 160 valence electrons. The summed E-state index contributed by atoms with van der Waals surface area (Å²) < 4.78 is 55.8. The average molecular weight is 437 g/mol. The number of ether oxygens (including phenoxy) is 1. The van der Waals surface area contributed by atoms with Crippen LogP contribution in [0.3, 0.4) is 0 Å². The van der Waals surface area contributed by atoms with Crippen molar-refractivity contribution in [3.63, 3.8) is 0 Å². The highest BCUT2D eigenvalue weighted by molar-refractivity contribution is 7.93. The second kappa shape index (κ2) is 8.88. The van der Waals surface area contributed by atoms with Crippen LogP contribution >= 0.6 is 0 Å². The highest BCUT2D eigenvalue weighted by Gasteiger charge is 2.28. The molecule has 0 radical (unpaired) electrons. The molecule has 10 heteroatoms. The average Bonchev–Trinajstić information content (AvgIpc) is 2.68. The number of likely N-dealkylation sites (N-methyl/N-ethyl adjacent to an activating group) is 1. The van der Waals surface area contributed by atoms with E-state index >= 15 is 0 Å². The molecule has 0 aliphatic heterocycles. The number of pyridine rings is 1. The number of carbonyl (C=O) groups excluding carboxylic acids is 1. The number of halogens is 2. The van der Waals surface area contributed by atoms with Crippen molar-refractivity contribution in [2.24, 2.45) is 0 Å². The Bertz CT molecular complexity index is 1070. The van der Waals surface area contributed by atoms with Crippen LogP contribution in [0, 0.1) is 6.92 Å². The van der Waals surface area contributed by atoms with Gasteiger partial charge in [-0.1, -0.05) is 12.1 Å². The molecule has 1 aromatic carbocycles. The lowest BCUT2D eigenvalue weighted by Crippen LogP contribution is -2.36. The number of rotatable bonds is 7. The van der Waals surface area contributed by atoms with Gasteiger partial charge in [0.15, 0.2) is 0 Å². The van der Waals surface area contributed by atoms with Gasteiger partial charge < -0.3 is 10.1 Å². The van der Waals surface area contributed by atoms with Crippen molar-refractivity contribution in [3.05, 3.63) is 58.1 Å². The number of anilines is 1. The molecule has 0 spiro atoms. The third kappa shape index (κ3) is 5.19. The Labute approximate surface area is 173 Å². The smallest absolute Gasteiger partial charge is 0.387 e. The molecule has 1 heterocycles. The summed E-state index contributed by atoms with van der Waals surface area (Å²) in [6.45, 7) is -1.43. The lowest BCUT2D eigenvalue weighted by atomic mass is 9.97. The highest BCUT2D eigenvalue weighted by Crippen LogP contribution is 2.31. The minimum atomic E-state index is -3.87. The maximum absolute atomic E-state index is 12.9. The van der Waals surface area contributed by atoms with Crippen LogP contribution in [0.4, 0.5) is 14.6 Å². The zero-order chi connectivity index (χ0) is 21.9. The molecule has 0 fully saturated rings. The van der Waals surface area contributed by atoms with E-state index in [4.69, 9.17) is 0 Å². The third-order valence-corrected chi connectivity index (χ3v) is 6.52. The Balaban J connectivity index is 1.70. The van der Waals surface area contributed by atoms with E-state index in [1.54, 1.807) is 18.3 Å². The van der Waals surface area contributed by atoms with Gasteiger partial charge in [-0.15, -0.1) is 0 Å². The second-order valence-electron chi connectivity index (χ2n) is 6.88. The second-order valence-corrected chi connectivity index (χ2v) is 8.98. The first-order valence-corrected chi connectivity index (χ1v) is 10.6. The standard InChI is InChI=1S/C20H21F2N3O4S/c1-13-3-8-18(23-11-13)24-19(26)12-25(2)30(27,28)17-7-5-14-9-16(29-20(21)22)6-4-15(14)10-17/h3-4,6,8-11,20H,5,7,12H2,1-2H3,(H,23,24,26). The van der Waals surface area contributed by atoms with Gasteiger partial charge in [0.2, 0.25) is 15.9 Å². The van der Waals surface area contributed by atoms with Gasteiger partial charge in [0, 0.05) is 13.2 Å². The van der Waals surface area contributed by atoms with Crippen LogP contribution in [-0.4, -0.2) is 43.8 Å². The summed E-state index contributed by atoms with van der Waals surface area (Å²) in [6, 6.07) is 7.80. The topological polar surface area (TPSA) is 88.6 Å². The molecular formula is C20H21F2N3O4S. The summed E-state index contributed by atoms with van der Waals surface area (Å²) in [5.41, 5.74) is 2.27. The molecule has 2 aromatic rings. The lowest BCUT2D eigenvalue weighted by molar-refractivity contribution is -0.116. The Kier molecular flexibility index (Phi) is 6.47. The molecule has 0 saturated heterocycles.